The quantitative estimate of drug-likeness (QED) is 0.616. The first kappa shape index (κ1) is 14.2. The lowest BCUT2D eigenvalue weighted by atomic mass is 9.91. The molecule has 0 unspecified atom stereocenters. The van der Waals surface area contributed by atoms with Crippen LogP contribution in [0.1, 0.15) is 30.5 Å². The van der Waals surface area contributed by atoms with Crippen LogP contribution in [-0.4, -0.2) is 0 Å². The minimum absolute atomic E-state index is 1.04. The van der Waals surface area contributed by atoms with Gasteiger partial charge in [0, 0.05) is 0 Å². The fraction of sp³-hybridized carbons (Fsp3) is 0.222. The summed E-state index contributed by atoms with van der Waals surface area (Å²) in [5, 5.41) is 0. The predicted octanol–water partition coefficient (Wildman–Crippen LogP) is 5.40. The number of hydrogen-bond acceptors (Lipinski definition) is 0. The van der Waals surface area contributed by atoms with Crippen LogP contribution in [0.2, 0.25) is 0 Å². The van der Waals surface area contributed by atoms with Gasteiger partial charge in [-0.3, -0.25) is 0 Å². The Kier molecular flexibility index (Phi) is 4.91. The van der Waals surface area contributed by atoms with Crippen molar-refractivity contribution in [2.24, 2.45) is 0 Å². The van der Waals surface area contributed by atoms with E-state index >= 15 is 0 Å². The molecule has 0 nitrogen and oxygen atoms in total. The van der Waals surface area contributed by atoms with Crippen molar-refractivity contribution in [3.05, 3.63) is 77.4 Å². The molecule has 0 aromatic heterocycles. The molecule has 1 aromatic carbocycles. The van der Waals surface area contributed by atoms with Gasteiger partial charge in [-0.15, -0.1) is 0 Å². The van der Waals surface area contributed by atoms with Gasteiger partial charge in [0.1, 0.15) is 0 Å². The van der Waals surface area contributed by atoms with E-state index in [2.05, 4.69) is 57.4 Å². The summed E-state index contributed by atoms with van der Waals surface area (Å²) in [6.45, 7) is 16.3. The van der Waals surface area contributed by atoms with E-state index in [1.165, 1.54) is 22.3 Å². The van der Waals surface area contributed by atoms with Gasteiger partial charge in [-0.05, 0) is 55.5 Å². The highest BCUT2D eigenvalue weighted by Crippen LogP contribution is 2.28. The average molecular weight is 238 g/mol. The van der Waals surface area contributed by atoms with E-state index in [1.54, 1.807) is 0 Å². The van der Waals surface area contributed by atoms with E-state index in [-0.39, 0.29) is 0 Å². The van der Waals surface area contributed by atoms with Crippen molar-refractivity contribution < 1.29 is 0 Å². The average Bonchev–Trinajstić information content (AvgIpc) is 2.32. The highest BCUT2D eigenvalue weighted by molar-refractivity contribution is 5.83. The number of aryl methyl sites for hydroxylation is 1. The number of hydrogen-bond donors (Lipinski definition) is 0. The SMILES string of the molecule is C=C/C(C(=C)C)=C(/C=CC)c1cccc(C)c1C. The molecule has 0 spiro atoms. The third-order valence-electron chi connectivity index (χ3n) is 3.18. The molecule has 18 heavy (non-hydrogen) atoms. The Morgan fingerprint density at radius 3 is 2.39 bits per heavy atom. The summed E-state index contributed by atoms with van der Waals surface area (Å²) in [7, 11) is 0. The van der Waals surface area contributed by atoms with E-state index in [0.29, 0.717) is 0 Å². The molecule has 1 rings (SSSR count). The van der Waals surface area contributed by atoms with Gasteiger partial charge in [-0.2, -0.15) is 0 Å². The maximum atomic E-state index is 4.04. The summed E-state index contributed by atoms with van der Waals surface area (Å²) >= 11 is 0. The Hall–Kier alpha value is -1.82. The smallest absolute Gasteiger partial charge is 0.0110 e. The topological polar surface area (TPSA) is 0 Å². The summed E-state index contributed by atoms with van der Waals surface area (Å²) in [6, 6.07) is 6.39. The molecule has 0 heterocycles. The van der Waals surface area contributed by atoms with Gasteiger partial charge < -0.3 is 0 Å². The Bertz CT molecular complexity index is 525. The summed E-state index contributed by atoms with van der Waals surface area (Å²) in [4.78, 5) is 0. The second-order valence-corrected chi connectivity index (χ2v) is 4.56. The standard InChI is InChI=1S/C18H22/c1-7-10-18(16(8-2)13(3)4)17-12-9-11-14(5)15(17)6/h7-12H,2-3H2,1,4-6H3/b10-7?,18-16+. The second kappa shape index (κ2) is 6.20. The zero-order valence-corrected chi connectivity index (χ0v) is 11.9. The third kappa shape index (κ3) is 2.89. The highest BCUT2D eigenvalue weighted by Gasteiger charge is 2.08. The fourth-order valence-corrected chi connectivity index (χ4v) is 2.05. The third-order valence-corrected chi connectivity index (χ3v) is 3.18. The monoisotopic (exact) mass is 238 g/mol. The zero-order chi connectivity index (χ0) is 13.7. The maximum Gasteiger partial charge on any atom is -0.0110 e. The molecule has 0 N–H and O–H groups in total. The molecule has 0 atom stereocenters. The Morgan fingerprint density at radius 1 is 1.22 bits per heavy atom. The van der Waals surface area contributed by atoms with E-state index in [0.717, 1.165) is 11.1 Å². The van der Waals surface area contributed by atoms with Crippen LogP contribution in [0.4, 0.5) is 0 Å². The zero-order valence-electron chi connectivity index (χ0n) is 11.9. The van der Waals surface area contributed by atoms with Crippen LogP contribution in [0.5, 0.6) is 0 Å². The van der Waals surface area contributed by atoms with Gasteiger partial charge in [0.2, 0.25) is 0 Å². The number of allylic oxidation sites excluding steroid dienone is 6. The summed E-state index contributed by atoms with van der Waals surface area (Å²) in [6.07, 6.45) is 6.08. The van der Waals surface area contributed by atoms with Crippen LogP contribution >= 0.6 is 0 Å². The van der Waals surface area contributed by atoms with Crippen molar-refractivity contribution in [1.29, 1.82) is 0 Å². The fourth-order valence-electron chi connectivity index (χ4n) is 2.05. The van der Waals surface area contributed by atoms with Crippen LogP contribution < -0.4 is 0 Å². The van der Waals surface area contributed by atoms with E-state index in [4.69, 9.17) is 0 Å². The summed E-state index contributed by atoms with van der Waals surface area (Å²) in [5.74, 6) is 0. The predicted molar refractivity (Wildman–Crippen MR) is 82.7 cm³/mol. The molecule has 0 bridgehead atoms. The minimum atomic E-state index is 1.04. The molecule has 94 valence electrons. The first-order chi connectivity index (χ1) is 8.52. The first-order valence-corrected chi connectivity index (χ1v) is 6.24. The van der Waals surface area contributed by atoms with Gasteiger partial charge in [0.05, 0.1) is 0 Å². The van der Waals surface area contributed by atoms with E-state index < -0.39 is 0 Å². The molecule has 0 radical (unpaired) electrons. The number of rotatable bonds is 4. The van der Waals surface area contributed by atoms with Gasteiger partial charge in [-0.25, -0.2) is 0 Å². The normalized spacial score (nSPS) is 12.4. The lowest BCUT2D eigenvalue weighted by Gasteiger charge is -2.14. The molecular formula is C18H22. The van der Waals surface area contributed by atoms with Crippen LogP contribution in [0.25, 0.3) is 5.57 Å². The maximum absolute atomic E-state index is 4.04. The van der Waals surface area contributed by atoms with Crippen molar-refractivity contribution in [3.63, 3.8) is 0 Å². The summed E-state index contributed by atoms with van der Waals surface area (Å²) in [5.41, 5.74) is 7.22. The second-order valence-electron chi connectivity index (χ2n) is 4.56. The largest absolute Gasteiger partial charge is 0.0984 e. The van der Waals surface area contributed by atoms with Crippen LogP contribution in [0.15, 0.2) is 60.7 Å². The molecule has 0 saturated carbocycles. The van der Waals surface area contributed by atoms with Crippen molar-refractivity contribution in [1.82, 2.24) is 0 Å². The lowest BCUT2D eigenvalue weighted by Crippen LogP contribution is -1.94. The van der Waals surface area contributed by atoms with Crippen LogP contribution in [-0.2, 0) is 0 Å². The Labute approximate surface area is 111 Å². The molecule has 0 aliphatic carbocycles. The van der Waals surface area contributed by atoms with Gasteiger partial charge in [0.15, 0.2) is 0 Å². The van der Waals surface area contributed by atoms with Crippen molar-refractivity contribution in [2.75, 3.05) is 0 Å². The molecule has 0 aliphatic heterocycles. The van der Waals surface area contributed by atoms with Crippen LogP contribution in [0.3, 0.4) is 0 Å². The van der Waals surface area contributed by atoms with Gasteiger partial charge in [-0.1, -0.05) is 55.2 Å². The van der Waals surface area contributed by atoms with Gasteiger partial charge >= 0.3 is 0 Å². The Balaban J connectivity index is 3.61. The molecule has 1 aromatic rings. The first-order valence-electron chi connectivity index (χ1n) is 6.24. The van der Waals surface area contributed by atoms with Crippen molar-refractivity contribution in [3.8, 4) is 0 Å². The highest BCUT2D eigenvalue weighted by atomic mass is 14.1. The van der Waals surface area contributed by atoms with Crippen molar-refractivity contribution in [2.45, 2.75) is 27.7 Å². The molecule has 0 saturated heterocycles. The van der Waals surface area contributed by atoms with E-state index in [9.17, 15) is 0 Å². The minimum Gasteiger partial charge on any atom is -0.0984 e. The molecule has 0 aliphatic rings. The van der Waals surface area contributed by atoms with Crippen LogP contribution in [0, 0.1) is 13.8 Å². The summed E-state index contributed by atoms with van der Waals surface area (Å²) < 4.78 is 0. The molecule has 0 amide bonds. The number of benzene rings is 1. The molecule has 0 heteroatoms. The molecule has 0 fully saturated rings. The van der Waals surface area contributed by atoms with Crippen molar-refractivity contribution >= 4 is 5.57 Å². The molecular weight excluding hydrogens is 216 g/mol. The Morgan fingerprint density at radius 2 is 1.89 bits per heavy atom. The van der Waals surface area contributed by atoms with Gasteiger partial charge in [0.25, 0.3) is 0 Å². The lowest BCUT2D eigenvalue weighted by molar-refractivity contribution is 1.31. The van der Waals surface area contributed by atoms with E-state index in [1.807, 2.05) is 19.9 Å².